The van der Waals surface area contributed by atoms with Gasteiger partial charge in [0.2, 0.25) is 0 Å². The first-order valence-electron chi connectivity index (χ1n) is 5.94. The molecule has 0 atom stereocenters. The lowest BCUT2D eigenvalue weighted by molar-refractivity contribution is 0.752. The topological polar surface area (TPSA) is 37.8 Å². The molecule has 0 radical (unpaired) electrons. The van der Waals surface area contributed by atoms with Gasteiger partial charge in [0.25, 0.3) is 0 Å². The molecule has 4 heteroatoms. The summed E-state index contributed by atoms with van der Waals surface area (Å²) >= 11 is 3.44. The lowest BCUT2D eigenvalue weighted by Crippen LogP contribution is -2.12. The molecule has 0 aliphatic rings. The van der Waals surface area contributed by atoms with Crippen LogP contribution in [0.5, 0.6) is 0 Å². The third kappa shape index (κ3) is 3.37. The number of aromatic nitrogens is 2. The van der Waals surface area contributed by atoms with Crippen molar-refractivity contribution in [2.45, 2.75) is 13.3 Å². The van der Waals surface area contributed by atoms with Crippen LogP contribution in [0.1, 0.15) is 11.5 Å². The first-order chi connectivity index (χ1) is 8.69. The molecule has 2 aromatic rings. The highest BCUT2D eigenvalue weighted by molar-refractivity contribution is 9.10. The Labute approximate surface area is 116 Å². The SMILES string of the molecule is CNCCc1nc(C)cc(-c2ccc(Br)cc2)n1. The van der Waals surface area contributed by atoms with Crippen molar-refractivity contribution >= 4 is 15.9 Å². The highest BCUT2D eigenvalue weighted by Gasteiger charge is 2.04. The van der Waals surface area contributed by atoms with E-state index in [0.29, 0.717) is 0 Å². The van der Waals surface area contributed by atoms with E-state index in [0.717, 1.165) is 40.2 Å². The van der Waals surface area contributed by atoms with Crippen molar-refractivity contribution in [3.05, 3.63) is 46.3 Å². The molecule has 0 saturated heterocycles. The van der Waals surface area contributed by atoms with E-state index in [-0.39, 0.29) is 0 Å². The molecule has 3 nitrogen and oxygen atoms in total. The molecule has 0 bridgehead atoms. The number of halogens is 1. The largest absolute Gasteiger partial charge is 0.319 e. The molecule has 1 heterocycles. The van der Waals surface area contributed by atoms with Crippen molar-refractivity contribution < 1.29 is 0 Å². The van der Waals surface area contributed by atoms with Gasteiger partial charge in [-0.3, -0.25) is 0 Å². The van der Waals surface area contributed by atoms with Crippen molar-refractivity contribution in [2.75, 3.05) is 13.6 Å². The predicted molar refractivity (Wildman–Crippen MR) is 77.5 cm³/mol. The molecule has 1 N–H and O–H groups in total. The highest BCUT2D eigenvalue weighted by Crippen LogP contribution is 2.20. The van der Waals surface area contributed by atoms with Crippen LogP contribution in [0.25, 0.3) is 11.3 Å². The van der Waals surface area contributed by atoms with E-state index >= 15 is 0 Å². The Bertz CT molecular complexity index is 523. The number of nitrogens with zero attached hydrogens (tertiary/aromatic N) is 2. The predicted octanol–water partition coefficient (Wildman–Crippen LogP) is 2.98. The van der Waals surface area contributed by atoms with E-state index in [1.807, 2.05) is 32.2 Å². The van der Waals surface area contributed by atoms with Gasteiger partial charge in [0.05, 0.1) is 5.69 Å². The van der Waals surface area contributed by atoms with Crippen molar-refractivity contribution in [3.63, 3.8) is 0 Å². The Morgan fingerprint density at radius 3 is 2.56 bits per heavy atom. The van der Waals surface area contributed by atoms with Crippen LogP contribution in [0.3, 0.4) is 0 Å². The molecule has 2 rings (SSSR count). The van der Waals surface area contributed by atoms with Gasteiger partial charge >= 0.3 is 0 Å². The van der Waals surface area contributed by atoms with Gasteiger partial charge in [0, 0.05) is 28.7 Å². The van der Waals surface area contributed by atoms with Gasteiger partial charge in [0.1, 0.15) is 5.82 Å². The molecule has 18 heavy (non-hydrogen) atoms. The van der Waals surface area contributed by atoms with E-state index in [9.17, 15) is 0 Å². The van der Waals surface area contributed by atoms with Crippen LogP contribution in [-0.2, 0) is 6.42 Å². The zero-order chi connectivity index (χ0) is 13.0. The Hall–Kier alpha value is -1.26. The fourth-order valence-corrected chi connectivity index (χ4v) is 2.01. The van der Waals surface area contributed by atoms with Gasteiger partial charge in [-0.15, -0.1) is 0 Å². The lowest BCUT2D eigenvalue weighted by Gasteiger charge is -2.06. The summed E-state index contributed by atoms with van der Waals surface area (Å²) in [4.78, 5) is 9.06. The first kappa shape index (κ1) is 13.2. The van der Waals surface area contributed by atoms with Gasteiger partial charge in [-0.25, -0.2) is 9.97 Å². The summed E-state index contributed by atoms with van der Waals surface area (Å²) in [5.41, 5.74) is 3.12. The van der Waals surface area contributed by atoms with Gasteiger partial charge in [-0.2, -0.15) is 0 Å². The molecule has 1 aromatic carbocycles. The van der Waals surface area contributed by atoms with Crippen molar-refractivity contribution in [1.82, 2.24) is 15.3 Å². The normalized spacial score (nSPS) is 10.6. The number of aryl methyl sites for hydroxylation is 1. The first-order valence-corrected chi connectivity index (χ1v) is 6.73. The molecule has 0 spiro atoms. The standard InChI is InChI=1S/C14H16BrN3/c1-10-9-13(11-3-5-12(15)6-4-11)18-14(17-10)7-8-16-2/h3-6,9,16H,7-8H2,1-2H3. The van der Waals surface area contributed by atoms with Crippen LogP contribution in [0.15, 0.2) is 34.8 Å². The summed E-state index contributed by atoms with van der Waals surface area (Å²) in [5, 5.41) is 3.12. The van der Waals surface area contributed by atoms with Crippen LogP contribution in [0, 0.1) is 6.92 Å². The number of rotatable bonds is 4. The Morgan fingerprint density at radius 1 is 1.17 bits per heavy atom. The summed E-state index contributed by atoms with van der Waals surface area (Å²) < 4.78 is 1.08. The van der Waals surface area contributed by atoms with Gasteiger partial charge in [0.15, 0.2) is 0 Å². The van der Waals surface area contributed by atoms with E-state index in [1.54, 1.807) is 0 Å². The molecule has 0 fully saturated rings. The second-order valence-corrected chi connectivity index (χ2v) is 5.09. The minimum atomic E-state index is 0.849. The van der Waals surface area contributed by atoms with Crippen LogP contribution in [-0.4, -0.2) is 23.6 Å². The quantitative estimate of drug-likeness (QED) is 0.943. The Morgan fingerprint density at radius 2 is 1.89 bits per heavy atom. The summed E-state index contributed by atoms with van der Waals surface area (Å²) in [7, 11) is 1.94. The van der Waals surface area contributed by atoms with Crippen LogP contribution >= 0.6 is 15.9 Å². The Kier molecular flexibility index (Phi) is 4.44. The van der Waals surface area contributed by atoms with Gasteiger partial charge < -0.3 is 5.32 Å². The molecule has 0 aliphatic carbocycles. The summed E-state index contributed by atoms with van der Waals surface area (Å²) in [5.74, 6) is 0.891. The fraction of sp³-hybridized carbons (Fsp3) is 0.286. The summed E-state index contributed by atoms with van der Waals surface area (Å²) in [6.45, 7) is 2.90. The van der Waals surface area contributed by atoms with E-state index in [1.165, 1.54) is 0 Å². The van der Waals surface area contributed by atoms with E-state index in [2.05, 4.69) is 43.3 Å². The number of nitrogens with one attached hydrogen (secondary N) is 1. The van der Waals surface area contributed by atoms with Gasteiger partial charge in [-0.1, -0.05) is 28.1 Å². The maximum atomic E-state index is 4.60. The summed E-state index contributed by atoms with van der Waals surface area (Å²) in [6, 6.07) is 10.2. The zero-order valence-electron chi connectivity index (χ0n) is 10.6. The third-order valence-electron chi connectivity index (χ3n) is 2.64. The van der Waals surface area contributed by atoms with Crippen LogP contribution in [0.4, 0.5) is 0 Å². The summed E-state index contributed by atoms with van der Waals surface area (Å²) in [6.07, 6.45) is 0.849. The fourth-order valence-electron chi connectivity index (χ4n) is 1.75. The molecular formula is C14H16BrN3. The van der Waals surface area contributed by atoms with Crippen molar-refractivity contribution in [1.29, 1.82) is 0 Å². The maximum absolute atomic E-state index is 4.60. The van der Waals surface area contributed by atoms with E-state index in [4.69, 9.17) is 0 Å². The molecule has 0 aliphatic heterocycles. The monoisotopic (exact) mass is 305 g/mol. The number of hydrogen-bond acceptors (Lipinski definition) is 3. The maximum Gasteiger partial charge on any atom is 0.130 e. The molecular weight excluding hydrogens is 290 g/mol. The third-order valence-corrected chi connectivity index (χ3v) is 3.17. The number of likely N-dealkylation sites (N-methyl/N-ethyl adjacent to an activating group) is 1. The average Bonchev–Trinajstić information content (AvgIpc) is 2.36. The lowest BCUT2D eigenvalue weighted by atomic mass is 10.1. The Balaban J connectivity index is 2.32. The molecule has 1 aromatic heterocycles. The molecule has 94 valence electrons. The van der Waals surface area contributed by atoms with Crippen LogP contribution in [0.2, 0.25) is 0 Å². The molecule has 0 amide bonds. The molecule has 0 unspecified atom stereocenters. The van der Waals surface area contributed by atoms with Gasteiger partial charge in [-0.05, 0) is 32.2 Å². The van der Waals surface area contributed by atoms with E-state index < -0.39 is 0 Å². The zero-order valence-corrected chi connectivity index (χ0v) is 12.2. The van der Waals surface area contributed by atoms with Crippen LogP contribution < -0.4 is 5.32 Å². The van der Waals surface area contributed by atoms with Crippen molar-refractivity contribution in [3.8, 4) is 11.3 Å². The highest BCUT2D eigenvalue weighted by atomic mass is 79.9. The minimum Gasteiger partial charge on any atom is -0.319 e. The second-order valence-electron chi connectivity index (χ2n) is 4.17. The molecule has 0 saturated carbocycles. The number of benzene rings is 1. The van der Waals surface area contributed by atoms with Crippen molar-refractivity contribution in [2.24, 2.45) is 0 Å². The minimum absolute atomic E-state index is 0.849. The second kappa shape index (κ2) is 6.07. The average molecular weight is 306 g/mol. The number of hydrogen-bond donors (Lipinski definition) is 1. The smallest absolute Gasteiger partial charge is 0.130 e.